The highest BCUT2D eigenvalue weighted by Gasteiger charge is 2.33. The number of amides is 2. The molecule has 1 fully saturated rings. The molecule has 0 saturated carbocycles. The molecule has 1 saturated heterocycles. The third-order valence-electron chi connectivity index (χ3n) is 7.46. The van der Waals surface area contributed by atoms with Crippen LogP contribution in [0.3, 0.4) is 0 Å². The molecule has 0 bridgehead atoms. The second-order valence-electron chi connectivity index (χ2n) is 11.5. The molecular formula is C30H43N5O7S. The summed E-state index contributed by atoms with van der Waals surface area (Å²) in [6.07, 6.45) is 4.02. The predicted molar refractivity (Wildman–Crippen MR) is 159 cm³/mol. The summed E-state index contributed by atoms with van der Waals surface area (Å²) in [6.45, 7) is 10.1. The quantitative estimate of drug-likeness (QED) is 0.295. The van der Waals surface area contributed by atoms with Gasteiger partial charge in [0, 0.05) is 69.0 Å². The number of carbonyl (C=O) groups is 4. The Morgan fingerprint density at radius 2 is 1.81 bits per heavy atom. The van der Waals surface area contributed by atoms with Gasteiger partial charge in [0.05, 0.1) is 26.2 Å². The summed E-state index contributed by atoms with van der Waals surface area (Å²) < 4.78 is 15.7. The number of thiazole rings is 1. The summed E-state index contributed by atoms with van der Waals surface area (Å²) >= 11 is 1.21. The Labute approximate surface area is 256 Å². The zero-order valence-corrected chi connectivity index (χ0v) is 26.8. The van der Waals surface area contributed by atoms with Gasteiger partial charge in [0.1, 0.15) is 16.5 Å². The average Bonchev–Trinajstić information content (AvgIpc) is 3.43. The molecule has 3 heterocycles. The minimum atomic E-state index is -0.741. The van der Waals surface area contributed by atoms with E-state index in [0.717, 1.165) is 5.56 Å². The first kappa shape index (κ1) is 34.0. The van der Waals surface area contributed by atoms with Gasteiger partial charge < -0.3 is 24.4 Å². The van der Waals surface area contributed by atoms with Crippen molar-refractivity contribution in [2.75, 3.05) is 27.4 Å². The molecule has 4 atom stereocenters. The molecule has 0 radical (unpaired) electrons. The lowest BCUT2D eigenvalue weighted by Gasteiger charge is -2.35. The third-order valence-corrected chi connectivity index (χ3v) is 8.40. The minimum absolute atomic E-state index is 0.0116. The lowest BCUT2D eigenvalue weighted by molar-refractivity contribution is -0.149. The molecule has 0 aliphatic carbocycles. The largest absolute Gasteiger partial charge is 0.469 e. The van der Waals surface area contributed by atoms with E-state index in [4.69, 9.17) is 14.2 Å². The maximum absolute atomic E-state index is 13.3. The summed E-state index contributed by atoms with van der Waals surface area (Å²) in [6, 6.07) is -0.692. The van der Waals surface area contributed by atoms with Crippen molar-refractivity contribution in [3.63, 3.8) is 0 Å². The number of carbonyl (C=O) groups excluding carboxylic acids is 4. The van der Waals surface area contributed by atoms with Crippen LogP contribution in [0.25, 0.3) is 0 Å². The molecule has 1 aliphatic heterocycles. The summed E-state index contributed by atoms with van der Waals surface area (Å²) in [5.74, 6) is -0.920. The molecule has 0 spiro atoms. The molecule has 2 aromatic heterocycles. The van der Waals surface area contributed by atoms with Gasteiger partial charge in [-0.1, -0.05) is 20.8 Å². The number of hydrogen-bond acceptors (Lipinski definition) is 11. The van der Waals surface area contributed by atoms with E-state index in [1.54, 1.807) is 36.6 Å². The van der Waals surface area contributed by atoms with Gasteiger partial charge in [-0.15, -0.1) is 11.3 Å². The van der Waals surface area contributed by atoms with Crippen LogP contribution < -0.4 is 5.32 Å². The zero-order chi connectivity index (χ0) is 31.7. The number of nitrogens with one attached hydrogen (secondary N) is 1. The van der Waals surface area contributed by atoms with Crippen LogP contribution >= 0.6 is 11.3 Å². The lowest BCUT2D eigenvalue weighted by atomic mass is 9.95. The molecule has 12 nitrogen and oxygen atoms in total. The Kier molecular flexibility index (Phi) is 12.6. The van der Waals surface area contributed by atoms with E-state index in [-0.39, 0.29) is 35.4 Å². The number of hydrogen-bond donors (Lipinski definition) is 1. The fraction of sp³-hybridized carbons (Fsp3) is 0.633. The van der Waals surface area contributed by atoms with Crippen molar-refractivity contribution in [2.45, 2.75) is 78.5 Å². The maximum atomic E-state index is 13.3. The number of rotatable bonds is 15. The Hall–Kier alpha value is -3.45. The van der Waals surface area contributed by atoms with Crippen molar-refractivity contribution in [3.8, 4) is 0 Å². The normalized spacial score (nSPS) is 16.0. The van der Waals surface area contributed by atoms with Gasteiger partial charge >= 0.3 is 11.9 Å². The van der Waals surface area contributed by atoms with Crippen LogP contribution in [0.4, 0.5) is 0 Å². The second-order valence-corrected chi connectivity index (χ2v) is 12.4. The number of aromatic nitrogens is 3. The molecular weight excluding hydrogens is 574 g/mol. The summed E-state index contributed by atoms with van der Waals surface area (Å²) in [5, 5.41) is 5.04. The van der Waals surface area contributed by atoms with Crippen LogP contribution in [0.2, 0.25) is 0 Å². The van der Waals surface area contributed by atoms with Crippen LogP contribution in [0.1, 0.15) is 79.9 Å². The van der Waals surface area contributed by atoms with Gasteiger partial charge in [0.15, 0.2) is 6.10 Å². The molecule has 2 aromatic rings. The first-order valence-corrected chi connectivity index (χ1v) is 15.4. The first-order chi connectivity index (χ1) is 20.4. The molecule has 43 heavy (non-hydrogen) atoms. The monoisotopic (exact) mass is 617 g/mol. The van der Waals surface area contributed by atoms with Crippen LogP contribution in [0.15, 0.2) is 17.8 Å². The predicted octanol–water partition coefficient (Wildman–Crippen LogP) is 3.30. The average molecular weight is 618 g/mol. The Bertz CT molecular complexity index is 1250. The van der Waals surface area contributed by atoms with Gasteiger partial charge in [-0.25, -0.2) is 15.0 Å². The minimum Gasteiger partial charge on any atom is -0.469 e. The smallest absolute Gasteiger partial charge is 0.308 e. The summed E-state index contributed by atoms with van der Waals surface area (Å²) in [7, 11) is 3.10. The number of esters is 2. The topological polar surface area (TPSA) is 150 Å². The molecule has 0 aromatic carbocycles. The number of methoxy groups -OCH3 is 1. The molecule has 13 heteroatoms. The van der Waals surface area contributed by atoms with E-state index >= 15 is 0 Å². The lowest BCUT2D eigenvalue weighted by Crippen LogP contribution is -2.44. The fourth-order valence-electron chi connectivity index (χ4n) is 4.94. The zero-order valence-electron chi connectivity index (χ0n) is 26.0. The van der Waals surface area contributed by atoms with Crippen molar-refractivity contribution < 1.29 is 33.4 Å². The van der Waals surface area contributed by atoms with Gasteiger partial charge in [0.2, 0.25) is 5.91 Å². The van der Waals surface area contributed by atoms with Crippen LogP contribution in [0, 0.1) is 24.7 Å². The molecule has 3 rings (SSSR count). The highest BCUT2D eigenvalue weighted by Crippen LogP contribution is 2.31. The number of aryl methyl sites for hydroxylation is 1. The number of ether oxygens (including phenoxy) is 3. The number of nitrogens with zero attached hydrogens (tertiary/aromatic N) is 4. The van der Waals surface area contributed by atoms with Crippen molar-refractivity contribution in [3.05, 3.63) is 39.9 Å². The van der Waals surface area contributed by atoms with Crippen molar-refractivity contribution in [2.24, 2.45) is 17.8 Å². The van der Waals surface area contributed by atoms with Crippen molar-refractivity contribution >= 4 is 35.1 Å². The Balaban J connectivity index is 1.76. The summed E-state index contributed by atoms with van der Waals surface area (Å²) in [5.41, 5.74) is 1.07. The van der Waals surface area contributed by atoms with Crippen LogP contribution in [-0.2, 0) is 35.0 Å². The Morgan fingerprint density at radius 3 is 2.37 bits per heavy atom. The second kappa shape index (κ2) is 15.9. The van der Waals surface area contributed by atoms with Crippen LogP contribution in [-0.4, -0.2) is 83.1 Å². The van der Waals surface area contributed by atoms with Gasteiger partial charge in [0.25, 0.3) is 5.91 Å². The standard InChI is InChI=1S/C30H43N5O7S/c1-17(2)24(35(6)27(37)9-21-14-41-15-21)11-25(42-20(5)36)29-34-23(16-43-29)28(38)33-22(8-19(4)30(39)40-7)10-26-31-12-18(3)13-32-26/h12-13,16-17,19,21-22,24-25H,8-11,14-15H2,1-7H3,(H,33,38). The van der Waals surface area contributed by atoms with Gasteiger partial charge in [-0.05, 0) is 24.8 Å². The maximum Gasteiger partial charge on any atom is 0.308 e. The van der Waals surface area contributed by atoms with E-state index in [1.807, 2.05) is 20.8 Å². The molecule has 1 aliphatic rings. The molecule has 4 unspecified atom stereocenters. The van der Waals surface area contributed by atoms with E-state index in [1.165, 1.54) is 25.4 Å². The third kappa shape index (κ3) is 10.1. The molecule has 2 amide bonds. The Morgan fingerprint density at radius 1 is 1.14 bits per heavy atom. The van der Waals surface area contributed by atoms with Gasteiger partial charge in [-0.3, -0.25) is 19.2 Å². The fourth-order valence-corrected chi connectivity index (χ4v) is 5.78. The van der Waals surface area contributed by atoms with E-state index in [9.17, 15) is 19.2 Å². The van der Waals surface area contributed by atoms with E-state index in [2.05, 4.69) is 20.3 Å². The highest BCUT2D eigenvalue weighted by molar-refractivity contribution is 7.09. The van der Waals surface area contributed by atoms with Crippen molar-refractivity contribution in [1.82, 2.24) is 25.2 Å². The SMILES string of the molecule is COC(=O)C(C)CC(Cc1ncc(C)cn1)NC(=O)c1csc(C(CC(C(C)C)N(C)C(=O)CC2COC2)OC(C)=O)n1. The highest BCUT2D eigenvalue weighted by atomic mass is 32.1. The van der Waals surface area contributed by atoms with E-state index in [0.29, 0.717) is 49.7 Å². The van der Waals surface area contributed by atoms with Crippen LogP contribution in [0.5, 0.6) is 0 Å². The summed E-state index contributed by atoms with van der Waals surface area (Å²) in [4.78, 5) is 65.5. The molecule has 1 N–H and O–H groups in total. The first-order valence-electron chi connectivity index (χ1n) is 14.5. The van der Waals surface area contributed by atoms with Crippen molar-refractivity contribution in [1.29, 1.82) is 0 Å². The molecule has 236 valence electrons. The van der Waals surface area contributed by atoms with E-state index < -0.39 is 29.9 Å². The van der Waals surface area contributed by atoms with Gasteiger partial charge in [-0.2, -0.15) is 0 Å².